The molecule has 118 valence electrons. The summed E-state index contributed by atoms with van der Waals surface area (Å²) in [6.07, 6.45) is 1.32. The first kappa shape index (κ1) is 16.1. The number of benzene rings is 1. The Morgan fingerprint density at radius 1 is 1.38 bits per heavy atom. The lowest BCUT2D eigenvalue weighted by Gasteiger charge is -2.18. The van der Waals surface area contributed by atoms with Crippen LogP contribution in [0.25, 0.3) is 0 Å². The zero-order valence-corrected chi connectivity index (χ0v) is 13.4. The number of para-hydroxylation sites is 1. The summed E-state index contributed by atoms with van der Waals surface area (Å²) in [5.74, 6) is 1.60. The second-order valence-corrected chi connectivity index (χ2v) is 7.50. The van der Waals surface area contributed by atoms with Crippen molar-refractivity contribution >= 4 is 9.84 Å². The molecule has 5 nitrogen and oxygen atoms in total. The number of rotatable bonds is 7. The van der Waals surface area contributed by atoms with Crippen molar-refractivity contribution in [1.82, 2.24) is 5.32 Å². The zero-order valence-electron chi connectivity index (χ0n) is 12.6. The van der Waals surface area contributed by atoms with Gasteiger partial charge in [-0.1, -0.05) is 19.1 Å². The van der Waals surface area contributed by atoms with Gasteiger partial charge in [-0.05, 0) is 25.5 Å². The van der Waals surface area contributed by atoms with Gasteiger partial charge in [0.05, 0.1) is 18.6 Å². The third kappa shape index (κ3) is 4.35. The van der Waals surface area contributed by atoms with E-state index in [0.29, 0.717) is 24.5 Å². The van der Waals surface area contributed by atoms with Crippen LogP contribution in [0.15, 0.2) is 18.2 Å². The van der Waals surface area contributed by atoms with Crippen molar-refractivity contribution in [3.05, 3.63) is 23.8 Å². The molecule has 1 aromatic carbocycles. The first-order valence-electron chi connectivity index (χ1n) is 7.29. The molecule has 1 aromatic rings. The van der Waals surface area contributed by atoms with Crippen LogP contribution in [0.5, 0.6) is 11.5 Å². The van der Waals surface area contributed by atoms with Crippen molar-refractivity contribution in [2.75, 3.05) is 25.2 Å². The molecule has 0 bridgehead atoms. The molecule has 1 unspecified atom stereocenters. The second-order valence-electron chi connectivity index (χ2n) is 5.27. The Morgan fingerprint density at radius 3 is 2.81 bits per heavy atom. The fraction of sp³-hybridized carbons (Fsp3) is 0.600. The van der Waals surface area contributed by atoms with Crippen molar-refractivity contribution in [2.45, 2.75) is 32.4 Å². The highest BCUT2D eigenvalue weighted by atomic mass is 32.2. The van der Waals surface area contributed by atoms with Gasteiger partial charge in [0.2, 0.25) is 0 Å². The standard InChI is InChI=1S/C15H23NO4S/c1-3-8-16-10-12-5-4-6-14(19-2)15(12)20-13-7-9-21(17,18)11-13/h4-6,13,16H,3,7-11H2,1-2H3. The van der Waals surface area contributed by atoms with Crippen molar-refractivity contribution in [1.29, 1.82) is 0 Å². The minimum absolute atomic E-state index is 0.0902. The van der Waals surface area contributed by atoms with Crippen molar-refractivity contribution in [3.63, 3.8) is 0 Å². The largest absolute Gasteiger partial charge is 0.493 e. The van der Waals surface area contributed by atoms with Gasteiger partial charge in [-0.25, -0.2) is 8.42 Å². The SMILES string of the molecule is CCCNCc1cccc(OC)c1OC1CCS(=O)(=O)C1. The number of methoxy groups -OCH3 is 1. The van der Waals surface area contributed by atoms with Crippen LogP contribution in [0.1, 0.15) is 25.3 Å². The first-order valence-corrected chi connectivity index (χ1v) is 9.11. The number of sulfone groups is 1. The van der Waals surface area contributed by atoms with Crippen molar-refractivity contribution in [2.24, 2.45) is 0 Å². The van der Waals surface area contributed by atoms with E-state index < -0.39 is 9.84 Å². The normalized spacial score (nSPS) is 20.4. The van der Waals surface area contributed by atoms with Crippen LogP contribution in [0.2, 0.25) is 0 Å². The van der Waals surface area contributed by atoms with Crippen LogP contribution >= 0.6 is 0 Å². The molecule has 1 N–H and O–H groups in total. The average molecular weight is 313 g/mol. The summed E-state index contributed by atoms with van der Waals surface area (Å²) < 4.78 is 34.4. The molecule has 0 aromatic heterocycles. The van der Waals surface area contributed by atoms with Gasteiger partial charge in [-0.3, -0.25) is 0 Å². The summed E-state index contributed by atoms with van der Waals surface area (Å²) in [7, 11) is -1.36. The summed E-state index contributed by atoms with van der Waals surface area (Å²) >= 11 is 0. The molecule has 0 saturated carbocycles. The van der Waals surface area contributed by atoms with Crippen molar-refractivity contribution in [3.8, 4) is 11.5 Å². The Kier molecular flexibility index (Phi) is 5.47. The van der Waals surface area contributed by atoms with E-state index in [-0.39, 0.29) is 17.6 Å². The smallest absolute Gasteiger partial charge is 0.166 e. The maximum atomic E-state index is 11.6. The molecule has 0 spiro atoms. The number of ether oxygens (including phenoxy) is 2. The van der Waals surface area contributed by atoms with Gasteiger partial charge < -0.3 is 14.8 Å². The molecule has 0 amide bonds. The highest BCUT2D eigenvalue weighted by Gasteiger charge is 2.30. The topological polar surface area (TPSA) is 64.6 Å². The summed E-state index contributed by atoms with van der Waals surface area (Å²) in [6.45, 7) is 3.72. The molecule has 21 heavy (non-hydrogen) atoms. The molecular formula is C15H23NO4S. The van der Waals surface area contributed by atoms with E-state index in [1.807, 2.05) is 18.2 Å². The molecule has 1 saturated heterocycles. The van der Waals surface area contributed by atoms with Crippen LogP contribution in [-0.4, -0.2) is 39.7 Å². The lowest BCUT2D eigenvalue weighted by molar-refractivity contribution is 0.215. The van der Waals surface area contributed by atoms with Gasteiger partial charge in [0.25, 0.3) is 0 Å². The first-order chi connectivity index (χ1) is 10.1. The van der Waals surface area contributed by atoms with E-state index in [0.717, 1.165) is 18.5 Å². The predicted molar refractivity (Wildman–Crippen MR) is 82.7 cm³/mol. The second kappa shape index (κ2) is 7.13. The Bertz CT molecular complexity index is 571. The van der Waals surface area contributed by atoms with Gasteiger partial charge in [0, 0.05) is 12.1 Å². The minimum Gasteiger partial charge on any atom is -0.493 e. The molecule has 6 heteroatoms. The summed E-state index contributed by atoms with van der Waals surface area (Å²) in [5, 5.41) is 3.33. The van der Waals surface area contributed by atoms with E-state index in [2.05, 4.69) is 12.2 Å². The summed E-state index contributed by atoms with van der Waals surface area (Å²) in [5.41, 5.74) is 0.993. The van der Waals surface area contributed by atoms with Crippen LogP contribution in [-0.2, 0) is 16.4 Å². The fourth-order valence-corrected chi connectivity index (χ4v) is 4.01. The lowest BCUT2D eigenvalue weighted by atomic mass is 10.1. The van der Waals surface area contributed by atoms with E-state index in [4.69, 9.17) is 9.47 Å². The highest BCUT2D eigenvalue weighted by Crippen LogP contribution is 2.33. The molecule has 1 aliphatic rings. The van der Waals surface area contributed by atoms with Gasteiger partial charge in [-0.2, -0.15) is 0 Å². The van der Waals surface area contributed by atoms with Gasteiger partial charge in [0.15, 0.2) is 21.3 Å². The maximum Gasteiger partial charge on any atom is 0.166 e. The molecular weight excluding hydrogens is 290 g/mol. The minimum atomic E-state index is -2.95. The third-order valence-electron chi connectivity index (χ3n) is 3.50. The molecule has 2 rings (SSSR count). The Labute approximate surface area is 126 Å². The van der Waals surface area contributed by atoms with E-state index in [1.54, 1.807) is 7.11 Å². The molecule has 1 aliphatic heterocycles. The fourth-order valence-electron chi connectivity index (χ4n) is 2.42. The molecule has 0 aliphatic carbocycles. The van der Waals surface area contributed by atoms with Crippen molar-refractivity contribution < 1.29 is 17.9 Å². The number of hydrogen-bond donors (Lipinski definition) is 1. The van der Waals surface area contributed by atoms with Crippen LogP contribution in [0.4, 0.5) is 0 Å². The van der Waals surface area contributed by atoms with Crippen LogP contribution in [0.3, 0.4) is 0 Å². The van der Waals surface area contributed by atoms with Gasteiger partial charge in [0.1, 0.15) is 6.10 Å². The van der Waals surface area contributed by atoms with Gasteiger partial charge in [-0.15, -0.1) is 0 Å². The maximum absolute atomic E-state index is 11.6. The quantitative estimate of drug-likeness (QED) is 0.777. The Hall–Kier alpha value is -1.27. The molecule has 0 radical (unpaired) electrons. The molecule has 1 heterocycles. The van der Waals surface area contributed by atoms with E-state index >= 15 is 0 Å². The van der Waals surface area contributed by atoms with Crippen LogP contribution < -0.4 is 14.8 Å². The summed E-state index contributed by atoms with van der Waals surface area (Å²) in [4.78, 5) is 0. The summed E-state index contributed by atoms with van der Waals surface area (Å²) in [6, 6.07) is 5.73. The van der Waals surface area contributed by atoms with Crippen LogP contribution in [0, 0.1) is 0 Å². The van der Waals surface area contributed by atoms with E-state index in [1.165, 1.54) is 0 Å². The molecule has 1 fully saturated rings. The predicted octanol–water partition coefficient (Wildman–Crippen LogP) is 1.76. The third-order valence-corrected chi connectivity index (χ3v) is 5.24. The average Bonchev–Trinajstić information content (AvgIpc) is 2.80. The zero-order chi connectivity index (χ0) is 15.3. The Morgan fingerprint density at radius 2 is 2.19 bits per heavy atom. The van der Waals surface area contributed by atoms with E-state index in [9.17, 15) is 8.42 Å². The highest BCUT2D eigenvalue weighted by molar-refractivity contribution is 7.91. The van der Waals surface area contributed by atoms with Gasteiger partial charge >= 0.3 is 0 Å². The number of hydrogen-bond acceptors (Lipinski definition) is 5. The number of nitrogens with one attached hydrogen (secondary N) is 1. The Balaban J connectivity index is 2.15. The monoisotopic (exact) mass is 313 g/mol. The lowest BCUT2D eigenvalue weighted by Crippen LogP contribution is -2.20. The molecule has 1 atom stereocenters.